The second-order valence-electron chi connectivity index (χ2n) is 4.79. The molecule has 0 aliphatic rings. The van der Waals surface area contributed by atoms with Crippen molar-refractivity contribution in [3.63, 3.8) is 0 Å². The molecule has 0 atom stereocenters. The summed E-state index contributed by atoms with van der Waals surface area (Å²) in [6.07, 6.45) is 4.58. The van der Waals surface area contributed by atoms with Crippen LogP contribution >= 0.6 is 46.3 Å². The maximum absolute atomic E-state index is 11.1. The van der Waals surface area contributed by atoms with E-state index in [1.807, 2.05) is 0 Å². The van der Waals surface area contributed by atoms with E-state index in [1.165, 1.54) is 29.9 Å². The molecule has 3 rings (SSSR count). The molecule has 0 unspecified atom stereocenters. The Labute approximate surface area is 168 Å². The summed E-state index contributed by atoms with van der Waals surface area (Å²) < 4.78 is 0.511. The molecule has 0 aliphatic carbocycles. The second-order valence-corrected chi connectivity index (χ2v) is 7.74. The third kappa shape index (κ3) is 4.13. The van der Waals surface area contributed by atoms with Crippen molar-refractivity contribution in [2.75, 3.05) is 0 Å². The van der Waals surface area contributed by atoms with E-state index in [0.717, 1.165) is 17.8 Å². The first-order chi connectivity index (χ1) is 12.9. The van der Waals surface area contributed by atoms with Crippen LogP contribution in [0.25, 0.3) is 10.7 Å². The predicted octanol–water partition coefficient (Wildman–Crippen LogP) is 4.41. The average molecular weight is 445 g/mol. The Balaban J connectivity index is 1.89. The van der Waals surface area contributed by atoms with Crippen LogP contribution < -0.4 is 0 Å². The molecule has 0 fully saturated rings. The van der Waals surface area contributed by atoms with E-state index in [0.29, 0.717) is 15.0 Å². The van der Waals surface area contributed by atoms with Gasteiger partial charge in [-0.25, -0.2) is 0 Å². The number of halogens is 2. The van der Waals surface area contributed by atoms with Gasteiger partial charge < -0.3 is 0 Å². The van der Waals surface area contributed by atoms with E-state index in [2.05, 4.69) is 20.2 Å². The van der Waals surface area contributed by atoms with Crippen molar-refractivity contribution < 1.29 is 9.85 Å². The number of nitrogens with zero attached hydrogens (tertiary/aromatic N) is 6. The van der Waals surface area contributed by atoms with Gasteiger partial charge in [0.15, 0.2) is 9.35 Å². The number of nitro benzene ring substituents is 2. The van der Waals surface area contributed by atoms with Crippen LogP contribution in [0.15, 0.2) is 29.0 Å². The fourth-order valence-corrected chi connectivity index (χ4v) is 4.59. The lowest BCUT2D eigenvalue weighted by molar-refractivity contribution is -0.394. The summed E-state index contributed by atoms with van der Waals surface area (Å²) in [5.74, 6) is 0.0370. The van der Waals surface area contributed by atoms with E-state index in [1.54, 1.807) is 0 Å². The van der Waals surface area contributed by atoms with Gasteiger partial charge in [-0.15, -0.1) is 10.2 Å². The zero-order chi connectivity index (χ0) is 19.6. The Hall–Kier alpha value is -2.41. The Bertz CT molecular complexity index is 995. The van der Waals surface area contributed by atoms with Gasteiger partial charge in [-0.2, -0.15) is 0 Å². The Morgan fingerprint density at radius 3 is 2.30 bits per heavy atom. The number of nitro groups is 2. The van der Waals surface area contributed by atoms with Crippen LogP contribution in [0.2, 0.25) is 10.0 Å². The summed E-state index contributed by atoms with van der Waals surface area (Å²) in [5, 5.41) is 30.2. The van der Waals surface area contributed by atoms with Gasteiger partial charge in [-0.1, -0.05) is 46.3 Å². The molecule has 2 heterocycles. The van der Waals surface area contributed by atoms with E-state index in [-0.39, 0.29) is 21.4 Å². The zero-order valence-corrected chi connectivity index (χ0v) is 16.1. The minimum Gasteiger partial charge on any atom is -0.261 e. The molecular weight excluding hydrogens is 439 g/mol. The van der Waals surface area contributed by atoms with Gasteiger partial charge in [0.05, 0.1) is 22.1 Å². The Kier molecular flexibility index (Phi) is 5.79. The molecule has 0 saturated heterocycles. The molecule has 0 aliphatic heterocycles. The number of hydrogen-bond acceptors (Lipinski definition) is 10. The van der Waals surface area contributed by atoms with Crippen molar-refractivity contribution in [3.8, 4) is 10.7 Å². The highest BCUT2D eigenvalue weighted by atomic mass is 35.5. The minimum absolute atomic E-state index is 0.0370. The molecule has 0 bridgehead atoms. The normalized spacial score (nSPS) is 10.7. The summed E-state index contributed by atoms with van der Waals surface area (Å²) in [5.41, 5.74) is -0.536. The van der Waals surface area contributed by atoms with E-state index in [4.69, 9.17) is 23.2 Å². The van der Waals surface area contributed by atoms with Crippen molar-refractivity contribution in [2.45, 2.75) is 10.1 Å². The monoisotopic (exact) mass is 444 g/mol. The van der Waals surface area contributed by atoms with Crippen LogP contribution in [0.3, 0.4) is 0 Å². The Morgan fingerprint density at radius 2 is 1.74 bits per heavy atom. The molecule has 0 saturated carbocycles. The third-order valence-electron chi connectivity index (χ3n) is 3.18. The van der Waals surface area contributed by atoms with E-state index in [9.17, 15) is 20.2 Å². The van der Waals surface area contributed by atoms with Crippen molar-refractivity contribution in [3.05, 3.63) is 60.5 Å². The molecule has 138 valence electrons. The lowest BCUT2D eigenvalue weighted by Crippen LogP contribution is -1.99. The number of benzene rings is 1. The first-order valence-corrected chi connectivity index (χ1v) is 9.46. The van der Waals surface area contributed by atoms with Crippen molar-refractivity contribution in [1.82, 2.24) is 20.2 Å². The zero-order valence-electron chi connectivity index (χ0n) is 12.9. The van der Waals surface area contributed by atoms with Crippen LogP contribution in [0.5, 0.6) is 0 Å². The third-order valence-corrected chi connectivity index (χ3v) is 6.12. The summed E-state index contributed by atoms with van der Waals surface area (Å²) >= 11 is 14.4. The summed E-state index contributed by atoms with van der Waals surface area (Å²) in [7, 11) is 0. The summed E-state index contributed by atoms with van der Waals surface area (Å²) in [6.45, 7) is 0. The minimum atomic E-state index is -0.795. The van der Waals surface area contributed by atoms with E-state index < -0.39 is 21.2 Å². The van der Waals surface area contributed by atoms with Crippen molar-refractivity contribution >= 4 is 57.7 Å². The molecule has 27 heavy (non-hydrogen) atoms. The Morgan fingerprint density at radius 1 is 1.07 bits per heavy atom. The molecular formula is C13H6Cl2N6O4S2. The quantitative estimate of drug-likeness (QED) is 0.307. The lowest BCUT2D eigenvalue weighted by Gasteiger charge is -2.07. The van der Waals surface area contributed by atoms with Gasteiger partial charge in [0.1, 0.15) is 15.7 Å². The van der Waals surface area contributed by atoms with Crippen molar-refractivity contribution in [2.24, 2.45) is 0 Å². The van der Waals surface area contributed by atoms with Crippen LogP contribution in [-0.4, -0.2) is 30.0 Å². The largest absolute Gasteiger partial charge is 0.295 e. The highest BCUT2D eigenvalue weighted by Gasteiger charge is 2.28. The molecule has 14 heteroatoms. The van der Waals surface area contributed by atoms with Gasteiger partial charge >= 0.3 is 0 Å². The molecule has 3 aromatic rings. The van der Waals surface area contributed by atoms with Gasteiger partial charge in [-0.05, 0) is 0 Å². The fraction of sp³-hybridized carbons (Fsp3) is 0.0769. The molecule has 0 radical (unpaired) electrons. The first-order valence-electron chi connectivity index (χ1n) is 6.90. The van der Waals surface area contributed by atoms with Crippen LogP contribution in [0, 0.1) is 20.2 Å². The van der Waals surface area contributed by atoms with Crippen LogP contribution in [-0.2, 0) is 5.75 Å². The molecule has 0 spiro atoms. The SMILES string of the molecule is O=[N+]([O-])c1cc([N+](=O)[O-])c(Cl)c(CSc2nnc(-c3cnccn3)s2)c1Cl. The molecule has 0 N–H and O–H groups in total. The molecule has 0 amide bonds. The maximum Gasteiger partial charge on any atom is 0.295 e. The molecule has 2 aromatic heterocycles. The molecule has 10 nitrogen and oxygen atoms in total. The van der Waals surface area contributed by atoms with Gasteiger partial charge in [0.2, 0.25) is 0 Å². The fourth-order valence-electron chi connectivity index (χ4n) is 1.97. The standard InChI is InChI=1S/C13H6Cl2N6O4S2/c14-10-6(11(15)9(21(24)25)3-8(10)20(22)23)5-26-13-19-18-12(27-13)7-4-16-1-2-17-7/h1-4H,5H2. The summed E-state index contributed by atoms with van der Waals surface area (Å²) in [4.78, 5) is 28.7. The highest BCUT2D eigenvalue weighted by Crippen LogP contribution is 2.43. The number of rotatable bonds is 6. The number of hydrogen-bond donors (Lipinski definition) is 0. The van der Waals surface area contributed by atoms with Crippen molar-refractivity contribution in [1.29, 1.82) is 0 Å². The smallest absolute Gasteiger partial charge is 0.261 e. The van der Waals surface area contributed by atoms with Gasteiger partial charge in [0.25, 0.3) is 11.4 Å². The number of aromatic nitrogens is 4. The lowest BCUT2D eigenvalue weighted by atomic mass is 10.2. The first kappa shape index (κ1) is 19.4. The predicted molar refractivity (Wildman–Crippen MR) is 100 cm³/mol. The topological polar surface area (TPSA) is 138 Å². The average Bonchev–Trinajstić information content (AvgIpc) is 3.11. The van der Waals surface area contributed by atoms with E-state index >= 15 is 0 Å². The number of thioether (sulfide) groups is 1. The highest BCUT2D eigenvalue weighted by molar-refractivity contribution is 8.00. The second kappa shape index (κ2) is 8.08. The molecule has 1 aromatic carbocycles. The maximum atomic E-state index is 11.1. The van der Waals surface area contributed by atoms with Gasteiger partial charge in [-0.3, -0.25) is 30.2 Å². The van der Waals surface area contributed by atoms with Crippen LogP contribution in [0.4, 0.5) is 11.4 Å². The summed E-state index contributed by atoms with van der Waals surface area (Å²) in [6, 6.07) is 0.746. The van der Waals surface area contributed by atoms with Gasteiger partial charge in [0, 0.05) is 23.7 Å². The van der Waals surface area contributed by atoms with Crippen LogP contribution in [0.1, 0.15) is 5.56 Å².